The van der Waals surface area contributed by atoms with Crippen molar-refractivity contribution in [2.24, 2.45) is 0 Å². The molecule has 0 saturated carbocycles. The van der Waals surface area contributed by atoms with Crippen LogP contribution in [0.25, 0.3) is 16.9 Å². The van der Waals surface area contributed by atoms with E-state index in [-0.39, 0.29) is 0 Å². The normalized spacial score (nSPS) is 10.6. The number of aromatic nitrogens is 4. The highest BCUT2D eigenvalue weighted by molar-refractivity contribution is 5.70. The maximum Gasteiger partial charge on any atom is 0.0951 e. The monoisotopic (exact) mass is 250 g/mol. The molecular formula is C15H14N4. The van der Waals surface area contributed by atoms with Crippen LogP contribution in [0.2, 0.25) is 0 Å². The van der Waals surface area contributed by atoms with Gasteiger partial charge in [0.1, 0.15) is 0 Å². The van der Waals surface area contributed by atoms with E-state index in [0.29, 0.717) is 0 Å². The molecule has 1 aromatic carbocycles. The third kappa shape index (κ3) is 2.25. The van der Waals surface area contributed by atoms with Crippen LogP contribution in [0.1, 0.15) is 11.3 Å². The Morgan fingerprint density at radius 2 is 1.89 bits per heavy atom. The lowest BCUT2D eigenvalue weighted by Gasteiger charge is -2.10. The Morgan fingerprint density at radius 1 is 1.00 bits per heavy atom. The zero-order valence-electron chi connectivity index (χ0n) is 10.9. The van der Waals surface area contributed by atoms with E-state index < -0.39 is 0 Å². The van der Waals surface area contributed by atoms with Crippen molar-refractivity contribution in [2.45, 2.75) is 13.8 Å². The van der Waals surface area contributed by atoms with Crippen molar-refractivity contribution in [3.8, 4) is 16.9 Å². The minimum absolute atomic E-state index is 0.857. The molecular weight excluding hydrogens is 236 g/mol. The number of rotatable bonds is 2. The zero-order valence-corrected chi connectivity index (χ0v) is 10.9. The molecule has 0 radical (unpaired) electrons. The van der Waals surface area contributed by atoms with Crippen molar-refractivity contribution >= 4 is 0 Å². The Labute approximate surface area is 111 Å². The standard InChI is InChI=1S/C15H14N4/c1-11-4-6-13(14-7-5-12(2)17-18-14)15(10-11)19-9-3-8-16-19/h3-10H,1-2H3. The smallest absolute Gasteiger partial charge is 0.0951 e. The van der Waals surface area contributed by atoms with Gasteiger partial charge in [-0.1, -0.05) is 12.1 Å². The summed E-state index contributed by atoms with van der Waals surface area (Å²) in [5.41, 5.74) is 5.01. The van der Waals surface area contributed by atoms with Crippen LogP contribution in [0.3, 0.4) is 0 Å². The van der Waals surface area contributed by atoms with E-state index in [0.717, 1.165) is 22.6 Å². The molecule has 0 aliphatic carbocycles. The molecule has 0 aliphatic heterocycles. The molecule has 0 spiro atoms. The molecule has 0 bridgehead atoms. The van der Waals surface area contributed by atoms with E-state index in [9.17, 15) is 0 Å². The van der Waals surface area contributed by atoms with Gasteiger partial charge in [0.15, 0.2) is 0 Å². The third-order valence-corrected chi connectivity index (χ3v) is 2.98. The summed E-state index contributed by atoms with van der Waals surface area (Å²) in [4.78, 5) is 0. The summed E-state index contributed by atoms with van der Waals surface area (Å²) in [7, 11) is 0. The Balaban J connectivity index is 2.18. The van der Waals surface area contributed by atoms with E-state index in [2.05, 4.69) is 40.4 Å². The van der Waals surface area contributed by atoms with Gasteiger partial charge in [0.2, 0.25) is 0 Å². The lowest BCUT2D eigenvalue weighted by atomic mass is 10.1. The van der Waals surface area contributed by atoms with Crippen LogP contribution in [-0.2, 0) is 0 Å². The SMILES string of the molecule is Cc1ccc(-c2ccc(C)nn2)c(-n2cccn2)c1. The van der Waals surface area contributed by atoms with Crippen LogP contribution in [0, 0.1) is 13.8 Å². The minimum atomic E-state index is 0.857. The molecule has 4 heteroatoms. The molecule has 19 heavy (non-hydrogen) atoms. The summed E-state index contributed by atoms with van der Waals surface area (Å²) < 4.78 is 1.85. The molecule has 4 nitrogen and oxygen atoms in total. The summed E-state index contributed by atoms with van der Waals surface area (Å²) in [6.07, 6.45) is 3.70. The number of hydrogen-bond donors (Lipinski definition) is 0. The molecule has 0 aliphatic rings. The topological polar surface area (TPSA) is 43.6 Å². The Kier molecular flexibility index (Phi) is 2.83. The average molecular weight is 250 g/mol. The second-order valence-electron chi connectivity index (χ2n) is 4.53. The van der Waals surface area contributed by atoms with Crippen LogP contribution in [0.4, 0.5) is 0 Å². The first-order chi connectivity index (χ1) is 9.24. The molecule has 3 rings (SSSR count). The second kappa shape index (κ2) is 4.65. The predicted octanol–water partition coefficient (Wildman–Crippen LogP) is 2.95. The molecule has 3 aromatic rings. The summed E-state index contributed by atoms with van der Waals surface area (Å²) >= 11 is 0. The highest BCUT2D eigenvalue weighted by atomic mass is 15.3. The maximum absolute atomic E-state index is 4.30. The molecule has 94 valence electrons. The molecule has 2 heterocycles. The van der Waals surface area contributed by atoms with Crippen molar-refractivity contribution in [1.29, 1.82) is 0 Å². The third-order valence-electron chi connectivity index (χ3n) is 2.98. The zero-order chi connectivity index (χ0) is 13.2. The van der Waals surface area contributed by atoms with Gasteiger partial charge >= 0.3 is 0 Å². The number of hydrogen-bond acceptors (Lipinski definition) is 3. The fraction of sp³-hybridized carbons (Fsp3) is 0.133. The van der Waals surface area contributed by atoms with Crippen LogP contribution >= 0.6 is 0 Å². The summed E-state index contributed by atoms with van der Waals surface area (Å²) in [6, 6.07) is 12.1. The molecule has 0 atom stereocenters. The van der Waals surface area contributed by atoms with Gasteiger partial charge in [-0.05, 0) is 43.7 Å². The first-order valence-electron chi connectivity index (χ1n) is 6.15. The lowest BCUT2D eigenvalue weighted by molar-refractivity contribution is 0.878. The number of aryl methyl sites for hydroxylation is 2. The fourth-order valence-corrected chi connectivity index (χ4v) is 2.00. The van der Waals surface area contributed by atoms with Crippen molar-refractivity contribution < 1.29 is 0 Å². The van der Waals surface area contributed by atoms with E-state index in [4.69, 9.17) is 0 Å². The first-order valence-corrected chi connectivity index (χ1v) is 6.15. The van der Waals surface area contributed by atoms with Crippen LogP contribution in [0.5, 0.6) is 0 Å². The Bertz CT molecular complexity index is 685. The highest BCUT2D eigenvalue weighted by Crippen LogP contribution is 2.25. The van der Waals surface area contributed by atoms with Gasteiger partial charge in [0, 0.05) is 18.0 Å². The van der Waals surface area contributed by atoms with E-state index >= 15 is 0 Å². The molecule has 0 unspecified atom stereocenters. The Hall–Kier alpha value is -2.49. The molecule has 0 N–H and O–H groups in total. The largest absolute Gasteiger partial charge is 0.240 e. The van der Waals surface area contributed by atoms with Gasteiger partial charge in [0.05, 0.1) is 17.1 Å². The van der Waals surface area contributed by atoms with Gasteiger partial charge in [-0.3, -0.25) is 0 Å². The van der Waals surface area contributed by atoms with Crippen molar-refractivity contribution in [3.63, 3.8) is 0 Å². The van der Waals surface area contributed by atoms with Crippen molar-refractivity contribution in [3.05, 3.63) is 60.0 Å². The summed E-state index contributed by atoms with van der Waals surface area (Å²) in [5, 5.41) is 12.7. The first kappa shape index (κ1) is 11.6. The van der Waals surface area contributed by atoms with Crippen molar-refractivity contribution in [1.82, 2.24) is 20.0 Å². The summed E-state index contributed by atoms with van der Waals surface area (Å²) in [5.74, 6) is 0. The number of nitrogens with zero attached hydrogens (tertiary/aromatic N) is 4. The van der Waals surface area contributed by atoms with E-state index in [1.165, 1.54) is 5.56 Å². The van der Waals surface area contributed by atoms with Gasteiger partial charge < -0.3 is 0 Å². The summed E-state index contributed by atoms with van der Waals surface area (Å²) in [6.45, 7) is 4.00. The van der Waals surface area contributed by atoms with Gasteiger partial charge in [-0.2, -0.15) is 15.3 Å². The lowest BCUT2D eigenvalue weighted by Crippen LogP contribution is -2.00. The highest BCUT2D eigenvalue weighted by Gasteiger charge is 2.09. The fourth-order valence-electron chi connectivity index (χ4n) is 2.00. The maximum atomic E-state index is 4.30. The predicted molar refractivity (Wildman–Crippen MR) is 74.1 cm³/mol. The van der Waals surface area contributed by atoms with Gasteiger partial charge in [0.25, 0.3) is 0 Å². The Morgan fingerprint density at radius 3 is 2.58 bits per heavy atom. The average Bonchev–Trinajstić information content (AvgIpc) is 2.94. The minimum Gasteiger partial charge on any atom is -0.240 e. The molecule has 0 saturated heterocycles. The molecule has 0 fully saturated rings. The van der Waals surface area contributed by atoms with Crippen LogP contribution in [0.15, 0.2) is 48.8 Å². The quantitative estimate of drug-likeness (QED) is 0.702. The van der Waals surface area contributed by atoms with Crippen LogP contribution in [-0.4, -0.2) is 20.0 Å². The molecule has 2 aromatic heterocycles. The van der Waals surface area contributed by atoms with E-state index in [1.807, 2.05) is 36.0 Å². The van der Waals surface area contributed by atoms with Gasteiger partial charge in [-0.15, -0.1) is 0 Å². The van der Waals surface area contributed by atoms with Crippen molar-refractivity contribution in [2.75, 3.05) is 0 Å². The van der Waals surface area contributed by atoms with E-state index in [1.54, 1.807) is 6.20 Å². The van der Waals surface area contributed by atoms with Crippen LogP contribution < -0.4 is 0 Å². The molecule has 0 amide bonds. The number of benzene rings is 1. The van der Waals surface area contributed by atoms with Gasteiger partial charge in [-0.25, -0.2) is 4.68 Å². The second-order valence-corrected chi connectivity index (χ2v) is 4.53.